The standard InChI is InChI=1S/C15H15F2NOS/c1-9-14(4-5-19-9)20-15-12(16)6-10(7-13(15)17)8-18-11-2-3-11/h4-7,11,18H,2-3,8H2,1H3. The van der Waals surface area contributed by atoms with Gasteiger partial charge in [-0.05, 0) is 43.5 Å². The molecule has 1 saturated carbocycles. The van der Waals surface area contributed by atoms with Gasteiger partial charge in [-0.1, -0.05) is 11.8 Å². The van der Waals surface area contributed by atoms with Gasteiger partial charge in [0.15, 0.2) is 0 Å². The Bertz CT molecular complexity index is 599. The van der Waals surface area contributed by atoms with Gasteiger partial charge < -0.3 is 9.73 Å². The molecule has 3 rings (SSSR count). The highest BCUT2D eigenvalue weighted by Crippen LogP contribution is 2.35. The third-order valence-electron chi connectivity index (χ3n) is 3.25. The highest BCUT2D eigenvalue weighted by atomic mass is 32.2. The van der Waals surface area contributed by atoms with Crippen LogP contribution in [0.4, 0.5) is 8.78 Å². The van der Waals surface area contributed by atoms with Crippen molar-refractivity contribution in [1.82, 2.24) is 5.32 Å². The lowest BCUT2D eigenvalue weighted by Crippen LogP contribution is -2.15. The van der Waals surface area contributed by atoms with E-state index in [9.17, 15) is 8.78 Å². The Balaban J connectivity index is 1.78. The third-order valence-corrected chi connectivity index (χ3v) is 4.49. The quantitative estimate of drug-likeness (QED) is 0.891. The molecule has 0 amide bonds. The van der Waals surface area contributed by atoms with Crippen LogP contribution in [0.15, 0.2) is 38.7 Å². The summed E-state index contributed by atoms with van der Waals surface area (Å²) in [6.07, 6.45) is 3.82. The molecule has 0 aliphatic heterocycles. The predicted octanol–water partition coefficient (Wildman–Crippen LogP) is 4.27. The summed E-state index contributed by atoms with van der Waals surface area (Å²) in [5.41, 5.74) is 0.639. The van der Waals surface area contributed by atoms with Crippen LogP contribution in [0.25, 0.3) is 0 Å². The van der Waals surface area contributed by atoms with E-state index in [1.54, 1.807) is 13.0 Å². The Morgan fingerprint density at radius 2 is 2.00 bits per heavy atom. The lowest BCUT2D eigenvalue weighted by molar-refractivity contribution is 0.525. The molecule has 0 spiro atoms. The second kappa shape index (κ2) is 5.58. The Labute approximate surface area is 120 Å². The van der Waals surface area contributed by atoms with Crippen molar-refractivity contribution in [3.8, 4) is 0 Å². The van der Waals surface area contributed by atoms with Crippen LogP contribution in [0.5, 0.6) is 0 Å². The zero-order valence-corrected chi connectivity index (χ0v) is 11.9. The molecule has 20 heavy (non-hydrogen) atoms. The number of hydrogen-bond acceptors (Lipinski definition) is 3. The molecule has 0 saturated heterocycles. The number of rotatable bonds is 5. The molecule has 1 heterocycles. The molecule has 0 unspecified atom stereocenters. The fourth-order valence-corrected chi connectivity index (χ4v) is 2.80. The van der Waals surface area contributed by atoms with E-state index in [-0.39, 0.29) is 4.90 Å². The molecule has 1 aromatic heterocycles. The van der Waals surface area contributed by atoms with Gasteiger partial charge in [-0.25, -0.2) is 8.78 Å². The van der Waals surface area contributed by atoms with Gasteiger partial charge in [0.05, 0.1) is 16.1 Å². The molecule has 1 N–H and O–H groups in total. The van der Waals surface area contributed by atoms with Gasteiger partial charge >= 0.3 is 0 Å². The van der Waals surface area contributed by atoms with Gasteiger partial charge in [0.25, 0.3) is 0 Å². The second-order valence-corrected chi connectivity index (χ2v) is 6.04. The highest BCUT2D eigenvalue weighted by Gasteiger charge is 2.21. The maximum absolute atomic E-state index is 14.1. The molecule has 5 heteroatoms. The van der Waals surface area contributed by atoms with Crippen LogP contribution in [0.3, 0.4) is 0 Å². The van der Waals surface area contributed by atoms with E-state index < -0.39 is 11.6 Å². The summed E-state index contributed by atoms with van der Waals surface area (Å²) in [6.45, 7) is 2.28. The van der Waals surface area contributed by atoms with Crippen LogP contribution in [0, 0.1) is 18.6 Å². The molecule has 0 radical (unpaired) electrons. The van der Waals surface area contributed by atoms with Crippen molar-refractivity contribution in [2.24, 2.45) is 0 Å². The molecule has 106 valence electrons. The van der Waals surface area contributed by atoms with Gasteiger partial charge in [-0.2, -0.15) is 0 Å². The highest BCUT2D eigenvalue weighted by molar-refractivity contribution is 7.99. The molecular weight excluding hydrogens is 280 g/mol. The zero-order chi connectivity index (χ0) is 14.1. The topological polar surface area (TPSA) is 25.2 Å². The Morgan fingerprint density at radius 1 is 1.30 bits per heavy atom. The summed E-state index contributed by atoms with van der Waals surface area (Å²) in [5.74, 6) is -0.389. The summed E-state index contributed by atoms with van der Waals surface area (Å²) >= 11 is 1.06. The molecule has 2 aromatic rings. The first kappa shape index (κ1) is 13.6. The minimum Gasteiger partial charge on any atom is -0.468 e. The SMILES string of the molecule is Cc1occc1Sc1c(F)cc(CNC2CC2)cc1F. The van der Waals surface area contributed by atoms with Crippen LogP contribution >= 0.6 is 11.8 Å². The van der Waals surface area contributed by atoms with Crippen molar-refractivity contribution >= 4 is 11.8 Å². The van der Waals surface area contributed by atoms with Crippen molar-refractivity contribution in [2.45, 2.75) is 42.1 Å². The smallest absolute Gasteiger partial charge is 0.140 e. The van der Waals surface area contributed by atoms with Crippen molar-refractivity contribution < 1.29 is 13.2 Å². The summed E-state index contributed by atoms with van der Waals surface area (Å²) in [7, 11) is 0. The number of aryl methyl sites for hydroxylation is 1. The normalized spacial score (nSPS) is 14.8. The van der Waals surface area contributed by atoms with Gasteiger partial charge in [0.1, 0.15) is 17.4 Å². The molecular formula is C15H15F2NOS. The fourth-order valence-electron chi connectivity index (χ4n) is 1.95. The number of nitrogens with one attached hydrogen (secondary N) is 1. The van der Waals surface area contributed by atoms with Crippen molar-refractivity contribution in [3.63, 3.8) is 0 Å². The van der Waals surface area contributed by atoms with E-state index in [1.807, 2.05) is 0 Å². The van der Waals surface area contributed by atoms with E-state index in [1.165, 1.54) is 18.4 Å². The van der Waals surface area contributed by atoms with Crippen LogP contribution in [0.1, 0.15) is 24.2 Å². The number of hydrogen-bond donors (Lipinski definition) is 1. The van der Waals surface area contributed by atoms with E-state index in [4.69, 9.17) is 4.42 Å². The van der Waals surface area contributed by atoms with Crippen LogP contribution < -0.4 is 5.32 Å². The van der Waals surface area contributed by atoms with E-state index in [2.05, 4.69) is 5.32 Å². The molecule has 0 bridgehead atoms. The minimum atomic E-state index is -0.525. The minimum absolute atomic E-state index is 0.0182. The number of furan rings is 1. The zero-order valence-electron chi connectivity index (χ0n) is 11.1. The summed E-state index contributed by atoms with van der Waals surface area (Å²) in [4.78, 5) is 0.747. The molecule has 2 nitrogen and oxygen atoms in total. The van der Waals surface area contributed by atoms with Crippen molar-refractivity contribution in [3.05, 3.63) is 47.4 Å². The van der Waals surface area contributed by atoms with Crippen LogP contribution in [0.2, 0.25) is 0 Å². The molecule has 1 aliphatic carbocycles. The first-order chi connectivity index (χ1) is 9.63. The Kier molecular flexibility index (Phi) is 3.81. The Hall–Kier alpha value is -1.33. The third kappa shape index (κ3) is 3.04. The first-order valence-corrected chi connectivity index (χ1v) is 7.38. The van der Waals surface area contributed by atoms with E-state index in [0.29, 0.717) is 23.9 Å². The first-order valence-electron chi connectivity index (χ1n) is 6.57. The predicted molar refractivity (Wildman–Crippen MR) is 73.8 cm³/mol. The summed E-state index contributed by atoms with van der Waals surface area (Å²) in [5, 5.41) is 3.25. The van der Waals surface area contributed by atoms with E-state index >= 15 is 0 Å². The lowest BCUT2D eigenvalue weighted by atomic mass is 10.2. The van der Waals surface area contributed by atoms with Crippen molar-refractivity contribution in [2.75, 3.05) is 0 Å². The van der Waals surface area contributed by atoms with Crippen LogP contribution in [-0.4, -0.2) is 6.04 Å². The molecule has 1 aliphatic rings. The van der Waals surface area contributed by atoms with Crippen molar-refractivity contribution in [1.29, 1.82) is 0 Å². The molecule has 1 aromatic carbocycles. The fraction of sp³-hybridized carbons (Fsp3) is 0.333. The van der Waals surface area contributed by atoms with Gasteiger partial charge in [0, 0.05) is 12.6 Å². The largest absolute Gasteiger partial charge is 0.468 e. The second-order valence-electron chi connectivity index (χ2n) is 4.99. The maximum atomic E-state index is 14.1. The van der Waals surface area contributed by atoms with Gasteiger partial charge in [-0.3, -0.25) is 0 Å². The molecule has 0 atom stereocenters. The van der Waals surface area contributed by atoms with Gasteiger partial charge in [-0.15, -0.1) is 0 Å². The molecule has 1 fully saturated rings. The summed E-state index contributed by atoms with van der Waals surface area (Å²) in [6, 6.07) is 5.03. The van der Waals surface area contributed by atoms with Crippen LogP contribution in [-0.2, 0) is 6.54 Å². The lowest BCUT2D eigenvalue weighted by Gasteiger charge is -2.08. The monoisotopic (exact) mass is 295 g/mol. The number of benzene rings is 1. The van der Waals surface area contributed by atoms with Gasteiger partial charge in [0.2, 0.25) is 0 Å². The van der Waals surface area contributed by atoms with E-state index in [0.717, 1.165) is 29.5 Å². The maximum Gasteiger partial charge on any atom is 0.140 e. The number of halogens is 2. The average Bonchev–Trinajstić information content (AvgIpc) is 3.15. The Morgan fingerprint density at radius 3 is 2.55 bits per heavy atom. The summed E-state index contributed by atoms with van der Waals surface area (Å²) < 4.78 is 33.2. The average molecular weight is 295 g/mol.